The van der Waals surface area contributed by atoms with E-state index in [1.807, 2.05) is 6.92 Å². The standard InChI is InChI=1S/C14H18F3N/c1-10(12-5-3-7-18-9-12)11-4-2-6-13(8-11)14(15,16)17/h2,4,6,8,10,12,18H,3,5,7,9H2,1H3. The van der Waals surface area contributed by atoms with Gasteiger partial charge in [-0.05, 0) is 49.4 Å². The molecule has 1 aliphatic heterocycles. The molecule has 0 amide bonds. The SMILES string of the molecule is CC(c1cccc(C(F)(F)F)c1)C1CCCNC1. The molecule has 18 heavy (non-hydrogen) atoms. The van der Waals surface area contributed by atoms with Gasteiger partial charge in [-0.1, -0.05) is 25.1 Å². The van der Waals surface area contributed by atoms with Crippen LogP contribution in [0.2, 0.25) is 0 Å². The van der Waals surface area contributed by atoms with Crippen LogP contribution in [0.1, 0.15) is 36.8 Å². The molecule has 1 aromatic carbocycles. The Hall–Kier alpha value is -1.03. The zero-order valence-electron chi connectivity index (χ0n) is 10.4. The van der Waals surface area contributed by atoms with Gasteiger partial charge in [-0.2, -0.15) is 13.2 Å². The quantitative estimate of drug-likeness (QED) is 0.849. The minimum Gasteiger partial charge on any atom is -0.316 e. The van der Waals surface area contributed by atoms with Gasteiger partial charge in [0.15, 0.2) is 0 Å². The minimum absolute atomic E-state index is 0.167. The number of hydrogen-bond acceptors (Lipinski definition) is 1. The highest BCUT2D eigenvalue weighted by molar-refractivity contribution is 5.28. The maximum Gasteiger partial charge on any atom is 0.416 e. The predicted octanol–water partition coefficient (Wildman–Crippen LogP) is 3.81. The molecule has 1 saturated heterocycles. The first-order valence-corrected chi connectivity index (χ1v) is 6.36. The van der Waals surface area contributed by atoms with E-state index in [2.05, 4.69) is 5.32 Å². The average molecular weight is 257 g/mol. The van der Waals surface area contributed by atoms with Gasteiger partial charge in [-0.3, -0.25) is 0 Å². The highest BCUT2D eigenvalue weighted by Gasteiger charge is 2.31. The van der Waals surface area contributed by atoms with Gasteiger partial charge in [0, 0.05) is 0 Å². The van der Waals surface area contributed by atoms with Crippen LogP contribution >= 0.6 is 0 Å². The summed E-state index contributed by atoms with van der Waals surface area (Å²) >= 11 is 0. The average Bonchev–Trinajstić information content (AvgIpc) is 2.38. The summed E-state index contributed by atoms with van der Waals surface area (Å²) in [5.41, 5.74) is 0.245. The van der Waals surface area contributed by atoms with Crippen molar-refractivity contribution in [3.63, 3.8) is 0 Å². The van der Waals surface area contributed by atoms with Crippen molar-refractivity contribution in [1.29, 1.82) is 0 Å². The molecule has 4 heteroatoms. The second-order valence-corrected chi connectivity index (χ2v) is 5.02. The van der Waals surface area contributed by atoms with Gasteiger partial charge in [0.25, 0.3) is 0 Å². The van der Waals surface area contributed by atoms with Gasteiger partial charge in [0.2, 0.25) is 0 Å². The molecule has 1 aromatic rings. The maximum atomic E-state index is 12.7. The Morgan fingerprint density at radius 3 is 2.72 bits per heavy atom. The lowest BCUT2D eigenvalue weighted by Crippen LogP contribution is -2.32. The van der Waals surface area contributed by atoms with Gasteiger partial charge in [-0.25, -0.2) is 0 Å². The van der Waals surface area contributed by atoms with Gasteiger partial charge < -0.3 is 5.32 Å². The molecular weight excluding hydrogens is 239 g/mol. The molecule has 1 N–H and O–H groups in total. The summed E-state index contributed by atoms with van der Waals surface area (Å²) < 4.78 is 38.0. The van der Waals surface area contributed by atoms with Crippen LogP contribution in [0.15, 0.2) is 24.3 Å². The monoisotopic (exact) mass is 257 g/mol. The van der Waals surface area contributed by atoms with Crippen molar-refractivity contribution in [2.24, 2.45) is 5.92 Å². The fourth-order valence-corrected chi connectivity index (χ4v) is 2.58. The van der Waals surface area contributed by atoms with Crippen LogP contribution in [-0.2, 0) is 6.18 Å². The molecule has 1 fully saturated rings. The number of halogens is 3. The van der Waals surface area contributed by atoms with E-state index in [1.165, 1.54) is 12.1 Å². The minimum atomic E-state index is -4.25. The highest BCUT2D eigenvalue weighted by Crippen LogP contribution is 2.34. The topological polar surface area (TPSA) is 12.0 Å². The van der Waals surface area contributed by atoms with Crippen molar-refractivity contribution in [1.82, 2.24) is 5.32 Å². The van der Waals surface area contributed by atoms with Crippen LogP contribution in [0.3, 0.4) is 0 Å². The van der Waals surface area contributed by atoms with Crippen LogP contribution in [0.4, 0.5) is 13.2 Å². The summed E-state index contributed by atoms with van der Waals surface area (Å²) in [7, 11) is 0. The van der Waals surface area contributed by atoms with Gasteiger partial charge in [-0.15, -0.1) is 0 Å². The maximum absolute atomic E-state index is 12.7. The lowest BCUT2D eigenvalue weighted by Gasteiger charge is -2.29. The number of nitrogens with one attached hydrogen (secondary N) is 1. The summed E-state index contributed by atoms with van der Waals surface area (Å²) in [5, 5.41) is 3.31. The molecule has 0 spiro atoms. The van der Waals surface area contributed by atoms with E-state index in [0.29, 0.717) is 5.92 Å². The number of hydrogen-bond donors (Lipinski definition) is 1. The number of alkyl halides is 3. The van der Waals surface area contributed by atoms with Crippen molar-refractivity contribution in [3.8, 4) is 0 Å². The molecular formula is C14H18F3N. The van der Waals surface area contributed by atoms with Gasteiger partial charge in [0.1, 0.15) is 0 Å². The van der Waals surface area contributed by atoms with E-state index in [1.54, 1.807) is 6.07 Å². The third-order valence-electron chi connectivity index (χ3n) is 3.78. The summed E-state index contributed by atoms with van der Waals surface area (Å²) in [5.74, 6) is 0.599. The zero-order chi connectivity index (χ0) is 13.2. The fourth-order valence-electron chi connectivity index (χ4n) is 2.58. The third kappa shape index (κ3) is 3.05. The lowest BCUT2D eigenvalue weighted by atomic mass is 9.82. The second-order valence-electron chi connectivity index (χ2n) is 5.02. The highest BCUT2D eigenvalue weighted by atomic mass is 19.4. The van der Waals surface area contributed by atoms with Crippen molar-refractivity contribution < 1.29 is 13.2 Å². The molecule has 1 heterocycles. The molecule has 0 aliphatic carbocycles. The van der Waals surface area contributed by atoms with Crippen LogP contribution in [-0.4, -0.2) is 13.1 Å². The molecule has 2 unspecified atom stereocenters. The second kappa shape index (κ2) is 5.31. The van der Waals surface area contributed by atoms with Crippen molar-refractivity contribution >= 4 is 0 Å². The van der Waals surface area contributed by atoms with Crippen LogP contribution in [0.5, 0.6) is 0 Å². The van der Waals surface area contributed by atoms with Crippen LogP contribution < -0.4 is 5.32 Å². The zero-order valence-corrected chi connectivity index (χ0v) is 10.4. The Bertz CT molecular complexity index is 394. The molecule has 2 atom stereocenters. The number of rotatable bonds is 2. The van der Waals surface area contributed by atoms with Gasteiger partial charge in [0.05, 0.1) is 5.56 Å². The van der Waals surface area contributed by atoms with Crippen molar-refractivity contribution in [2.75, 3.05) is 13.1 Å². The van der Waals surface area contributed by atoms with E-state index < -0.39 is 11.7 Å². The molecule has 0 saturated carbocycles. The Morgan fingerprint density at radius 2 is 2.11 bits per heavy atom. The van der Waals surface area contributed by atoms with E-state index in [9.17, 15) is 13.2 Å². The van der Waals surface area contributed by atoms with E-state index >= 15 is 0 Å². The van der Waals surface area contributed by atoms with E-state index in [-0.39, 0.29) is 5.92 Å². The Balaban J connectivity index is 2.17. The first-order valence-electron chi connectivity index (χ1n) is 6.36. The molecule has 100 valence electrons. The summed E-state index contributed by atoms with van der Waals surface area (Å²) in [4.78, 5) is 0. The van der Waals surface area contributed by atoms with E-state index in [4.69, 9.17) is 0 Å². The molecule has 1 aliphatic rings. The first-order chi connectivity index (χ1) is 8.48. The Labute approximate surface area is 105 Å². The fraction of sp³-hybridized carbons (Fsp3) is 0.571. The molecule has 1 nitrogen and oxygen atoms in total. The van der Waals surface area contributed by atoms with Crippen LogP contribution in [0, 0.1) is 5.92 Å². The Kier molecular flexibility index (Phi) is 3.95. The molecule has 0 radical (unpaired) electrons. The van der Waals surface area contributed by atoms with Crippen molar-refractivity contribution in [2.45, 2.75) is 31.9 Å². The third-order valence-corrected chi connectivity index (χ3v) is 3.78. The predicted molar refractivity (Wildman–Crippen MR) is 65.5 cm³/mol. The normalized spacial score (nSPS) is 22.8. The summed E-state index contributed by atoms with van der Waals surface area (Å²) in [6.07, 6.45) is -2.06. The number of piperidine rings is 1. The largest absolute Gasteiger partial charge is 0.416 e. The van der Waals surface area contributed by atoms with Gasteiger partial charge >= 0.3 is 6.18 Å². The molecule has 0 bridgehead atoms. The molecule has 2 rings (SSSR count). The Morgan fingerprint density at radius 1 is 1.33 bits per heavy atom. The lowest BCUT2D eigenvalue weighted by molar-refractivity contribution is -0.137. The molecule has 0 aromatic heterocycles. The summed E-state index contributed by atoms with van der Waals surface area (Å²) in [6, 6.07) is 5.73. The van der Waals surface area contributed by atoms with Crippen molar-refractivity contribution in [3.05, 3.63) is 35.4 Å². The van der Waals surface area contributed by atoms with Crippen LogP contribution in [0.25, 0.3) is 0 Å². The smallest absolute Gasteiger partial charge is 0.316 e. The summed E-state index contributed by atoms with van der Waals surface area (Å²) in [6.45, 7) is 3.94. The number of benzene rings is 1. The van der Waals surface area contributed by atoms with E-state index in [0.717, 1.165) is 37.6 Å². The first kappa shape index (κ1) is 13.4.